The largest absolute Gasteiger partial charge is 0.242 e. The molecular weight excluding hydrogens is 282 g/mol. The molecule has 1 fully saturated rings. The third-order valence-electron chi connectivity index (χ3n) is 3.87. The van der Waals surface area contributed by atoms with Crippen molar-refractivity contribution in [3.63, 3.8) is 0 Å². The van der Waals surface area contributed by atoms with E-state index in [2.05, 4.69) is 11.6 Å². The fraction of sp³-hybridized carbons (Fsp3) is 0.571. The van der Waals surface area contributed by atoms with Gasteiger partial charge in [-0.05, 0) is 30.9 Å². The number of benzene rings is 1. The lowest BCUT2D eigenvalue weighted by atomic mass is 9.83. The summed E-state index contributed by atoms with van der Waals surface area (Å²) < 4.78 is 27.6. The highest BCUT2D eigenvalue weighted by Crippen LogP contribution is 2.29. The molecule has 0 radical (unpaired) electrons. The monoisotopic (exact) mass is 301 g/mol. The van der Waals surface area contributed by atoms with Crippen LogP contribution in [0.5, 0.6) is 0 Å². The van der Waals surface area contributed by atoms with Crippen molar-refractivity contribution in [1.29, 1.82) is 0 Å². The van der Waals surface area contributed by atoms with Crippen molar-refractivity contribution in [2.45, 2.75) is 50.0 Å². The molecule has 0 amide bonds. The zero-order valence-corrected chi connectivity index (χ0v) is 12.7. The molecule has 3 nitrogen and oxygen atoms in total. The minimum atomic E-state index is -3.52. The summed E-state index contributed by atoms with van der Waals surface area (Å²) in [6.07, 6.45) is 5.32. The average molecular weight is 302 g/mol. The van der Waals surface area contributed by atoms with Crippen LogP contribution in [-0.2, 0) is 10.0 Å². The second-order valence-corrected chi connectivity index (χ2v) is 7.20. The maximum absolute atomic E-state index is 12.4. The summed E-state index contributed by atoms with van der Waals surface area (Å²) in [5.74, 6) is 0.436. The smallest absolute Gasteiger partial charge is 0.208 e. The Balaban J connectivity index is 2.19. The van der Waals surface area contributed by atoms with Gasteiger partial charge in [0.05, 0.1) is 5.02 Å². The Labute approximate surface area is 120 Å². The van der Waals surface area contributed by atoms with Crippen molar-refractivity contribution in [2.24, 2.45) is 5.92 Å². The molecule has 0 saturated heterocycles. The van der Waals surface area contributed by atoms with Gasteiger partial charge in [0.2, 0.25) is 10.0 Å². The quantitative estimate of drug-likeness (QED) is 0.924. The van der Waals surface area contributed by atoms with Crippen LogP contribution in [0.4, 0.5) is 0 Å². The van der Waals surface area contributed by atoms with E-state index < -0.39 is 10.0 Å². The van der Waals surface area contributed by atoms with Crippen LogP contribution in [0.3, 0.4) is 0 Å². The van der Waals surface area contributed by atoms with Gasteiger partial charge in [0.15, 0.2) is 0 Å². The van der Waals surface area contributed by atoms with Crippen molar-refractivity contribution >= 4 is 21.6 Å². The zero-order chi connectivity index (χ0) is 13.9. The summed E-state index contributed by atoms with van der Waals surface area (Å²) >= 11 is 5.98. The molecule has 1 aromatic carbocycles. The fourth-order valence-electron chi connectivity index (χ4n) is 2.78. The van der Waals surface area contributed by atoms with Gasteiger partial charge in [-0.2, -0.15) is 0 Å². The van der Waals surface area contributed by atoms with Gasteiger partial charge in [0.1, 0.15) is 4.90 Å². The number of nitrogens with one attached hydrogen (secondary N) is 1. The molecule has 0 aromatic heterocycles. The summed E-state index contributed by atoms with van der Waals surface area (Å²) in [6, 6.07) is 6.62. The Bertz CT molecular complexity index is 530. The molecular formula is C14H20ClNO2S. The highest BCUT2D eigenvalue weighted by molar-refractivity contribution is 7.89. The first kappa shape index (κ1) is 14.8. The van der Waals surface area contributed by atoms with E-state index in [1.807, 2.05) is 0 Å². The van der Waals surface area contributed by atoms with Crippen LogP contribution in [0.1, 0.15) is 39.0 Å². The van der Waals surface area contributed by atoms with Gasteiger partial charge in [0.25, 0.3) is 0 Å². The van der Waals surface area contributed by atoms with Gasteiger partial charge in [-0.3, -0.25) is 0 Å². The van der Waals surface area contributed by atoms with Gasteiger partial charge in [-0.15, -0.1) is 0 Å². The van der Waals surface area contributed by atoms with Crippen LogP contribution in [-0.4, -0.2) is 14.5 Å². The molecule has 106 valence electrons. The number of hydrogen-bond donors (Lipinski definition) is 1. The van der Waals surface area contributed by atoms with E-state index in [0.717, 1.165) is 25.7 Å². The molecule has 2 rings (SSSR count). The first-order valence-corrected chi connectivity index (χ1v) is 8.67. The minimum Gasteiger partial charge on any atom is -0.208 e. The number of hydrogen-bond acceptors (Lipinski definition) is 2. The Hall–Kier alpha value is -0.580. The fourth-order valence-corrected chi connectivity index (χ4v) is 4.64. The second-order valence-electron chi connectivity index (χ2n) is 5.11. The number of rotatable bonds is 4. The molecule has 0 heterocycles. The predicted octanol–water partition coefficient (Wildman–Crippen LogP) is 3.59. The normalized spacial score (nSPS) is 24.3. The third kappa shape index (κ3) is 3.50. The average Bonchev–Trinajstić information content (AvgIpc) is 2.39. The number of halogens is 1. The van der Waals surface area contributed by atoms with Crippen LogP contribution in [0.25, 0.3) is 0 Å². The van der Waals surface area contributed by atoms with Crippen LogP contribution < -0.4 is 4.72 Å². The summed E-state index contributed by atoms with van der Waals surface area (Å²) in [4.78, 5) is 0.178. The summed E-state index contributed by atoms with van der Waals surface area (Å²) in [5.41, 5.74) is 0. The summed E-state index contributed by atoms with van der Waals surface area (Å²) in [6.45, 7) is 2.12. The van der Waals surface area contributed by atoms with Crippen LogP contribution >= 0.6 is 11.6 Å². The van der Waals surface area contributed by atoms with E-state index in [4.69, 9.17) is 11.6 Å². The van der Waals surface area contributed by atoms with Gasteiger partial charge in [0, 0.05) is 6.04 Å². The standard InChI is InChI=1S/C14H20ClNO2S/c1-2-11-7-3-5-9-13(11)16-19(17,18)14-10-6-4-8-12(14)15/h4,6,8,10-11,13,16H,2-3,5,7,9H2,1H3/t11-,13+/m1/s1. The lowest BCUT2D eigenvalue weighted by Gasteiger charge is -2.31. The highest BCUT2D eigenvalue weighted by Gasteiger charge is 2.29. The van der Waals surface area contributed by atoms with Crippen LogP contribution in [0.2, 0.25) is 5.02 Å². The van der Waals surface area contributed by atoms with Crippen molar-refractivity contribution in [3.8, 4) is 0 Å². The lowest BCUT2D eigenvalue weighted by molar-refractivity contribution is 0.282. The first-order valence-electron chi connectivity index (χ1n) is 6.81. The summed E-state index contributed by atoms with van der Waals surface area (Å²) in [5, 5.41) is 0.277. The molecule has 0 spiro atoms. The Morgan fingerprint density at radius 1 is 1.26 bits per heavy atom. The Kier molecular flexibility index (Phi) is 4.87. The van der Waals surface area contributed by atoms with E-state index >= 15 is 0 Å². The van der Waals surface area contributed by atoms with Crippen molar-refractivity contribution in [1.82, 2.24) is 4.72 Å². The molecule has 1 aromatic rings. The van der Waals surface area contributed by atoms with Crippen molar-refractivity contribution in [3.05, 3.63) is 29.3 Å². The predicted molar refractivity (Wildman–Crippen MR) is 77.8 cm³/mol. The summed E-state index contributed by atoms with van der Waals surface area (Å²) in [7, 11) is -3.52. The molecule has 0 bridgehead atoms. The highest BCUT2D eigenvalue weighted by atomic mass is 35.5. The molecule has 2 atom stereocenters. The van der Waals surface area contributed by atoms with E-state index in [1.54, 1.807) is 24.3 Å². The molecule has 1 aliphatic carbocycles. The maximum atomic E-state index is 12.4. The van der Waals surface area contributed by atoms with Gasteiger partial charge in [-0.25, -0.2) is 13.1 Å². The zero-order valence-electron chi connectivity index (χ0n) is 11.1. The molecule has 0 unspecified atom stereocenters. The second kappa shape index (κ2) is 6.25. The Morgan fingerprint density at radius 2 is 1.95 bits per heavy atom. The maximum Gasteiger partial charge on any atom is 0.242 e. The van der Waals surface area contributed by atoms with Crippen molar-refractivity contribution < 1.29 is 8.42 Å². The molecule has 0 aliphatic heterocycles. The van der Waals surface area contributed by atoms with Gasteiger partial charge in [-0.1, -0.05) is 49.9 Å². The van der Waals surface area contributed by atoms with E-state index in [0.29, 0.717) is 5.92 Å². The molecule has 1 saturated carbocycles. The van der Waals surface area contributed by atoms with E-state index in [1.165, 1.54) is 6.42 Å². The van der Waals surface area contributed by atoms with Crippen LogP contribution in [0.15, 0.2) is 29.2 Å². The molecule has 1 aliphatic rings. The van der Waals surface area contributed by atoms with Crippen molar-refractivity contribution in [2.75, 3.05) is 0 Å². The number of sulfonamides is 1. The third-order valence-corrected chi connectivity index (χ3v) is 5.86. The molecule has 1 N–H and O–H groups in total. The Morgan fingerprint density at radius 3 is 2.63 bits per heavy atom. The van der Waals surface area contributed by atoms with Gasteiger partial charge >= 0.3 is 0 Å². The van der Waals surface area contributed by atoms with Crippen LogP contribution in [0, 0.1) is 5.92 Å². The SMILES string of the molecule is CC[C@@H]1CCCC[C@@H]1NS(=O)(=O)c1ccccc1Cl. The van der Waals surface area contributed by atoms with Gasteiger partial charge < -0.3 is 0 Å². The lowest BCUT2D eigenvalue weighted by Crippen LogP contribution is -2.41. The van der Waals surface area contributed by atoms with E-state index in [9.17, 15) is 8.42 Å². The molecule has 19 heavy (non-hydrogen) atoms. The topological polar surface area (TPSA) is 46.2 Å². The molecule has 5 heteroatoms. The minimum absolute atomic E-state index is 0.0417. The first-order chi connectivity index (χ1) is 9.04. The van der Waals surface area contributed by atoms with E-state index in [-0.39, 0.29) is 16.0 Å².